The molecule has 1 heterocycles. The molecule has 1 aliphatic rings. The number of hydrogen-bond acceptors (Lipinski definition) is 3. The molecule has 4 rings (SSSR count). The fourth-order valence-corrected chi connectivity index (χ4v) is 4.31. The van der Waals surface area contributed by atoms with Crippen molar-refractivity contribution in [3.05, 3.63) is 95.8 Å². The maximum atomic E-state index is 14.3. The number of benzene rings is 3. The molecule has 170 valence electrons. The van der Waals surface area contributed by atoms with Gasteiger partial charge in [-0.3, -0.25) is 9.59 Å². The van der Waals surface area contributed by atoms with E-state index in [-0.39, 0.29) is 29.8 Å². The molecule has 6 heteroatoms. The zero-order chi connectivity index (χ0) is 23.4. The molecule has 0 spiro atoms. The van der Waals surface area contributed by atoms with Gasteiger partial charge in [-0.2, -0.15) is 0 Å². The van der Waals surface area contributed by atoms with Gasteiger partial charge in [0.1, 0.15) is 5.82 Å². The Labute approximate surface area is 193 Å². The highest BCUT2D eigenvalue weighted by Crippen LogP contribution is 2.32. The third kappa shape index (κ3) is 5.22. The van der Waals surface area contributed by atoms with E-state index in [1.807, 2.05) is 73.6 Å². The molecule has 1 N–H and O–H groups in total. The summed E-state index contributed by atoms with van der Waals surface area (Å²) in [7, 11) is 3.92. The molecule has 2 atom stereocenters. The SMILES string of the molecule is CN(C)c1ccc(NC(=O)[C@H]2C[C@H](c3ccccc3)CN(C(=O)c3ccccc3F)C2)cc1. The normalized spacial score (nSPS) is 18.0. The minimum atomic E-state index is -0.550. The van der Waals surface area contributed by atoms with Crippen LogP contribution in [-0.2, 0) is 4.79 Å². The Morgan fingerprint density at radius 1 is 0.909 bits per heavy atom. The van der Waals surface area contributed by atoms with Crippen molar-refractivity contribution in [2.45, 2.75) is 12.3 Å². The first-order valence-electron chi connectivity index (χ1n) is 11.1. The summed E-state index contributed by atoms with van der Waals surface area (Å²) in [5.41, 5.74) is 2.84. The predicted octanol–water partition coefficient (Wildman–Crippen LogP) is 4.78. The van der Waals surface area contributed by atoms with E-state index in [0.29, 0.717) is 18.7 Å². The zero-order valence-electron chi connectivity index (χ0n) is 18.9. The van der Waals surface area contributed by atoms with Crippen molar-refractivity contribution in [2.75, 3.05) is 37.4 Å². The number of hydrogen-bond donors (Lipinski definition) is 1. The molecule has 1 aliphatic heterocycles. The fourth-order valence-electron chi connectivity index (χ4n) is 4.31. The van der Waals surface area contributed by atoms with Crippen LogP contribution in [0.4, 0.5) is 15.8 Å². The smallest absolute Gasteiger partial charge is 0.256 e. The van der Waals surface area contributed by atoms with Crippen LogP contribution in [-0.4, -0.2) is 43.9 Å². The second-order valence-corrected chi connectivity index (χ2v) is 8.66. The molecule has 1 fully saturated rings. The molecule has 0 aliphatic carbocycles. The van der Waals surface area contributed by atoms with Crippen molar-refractivity contribution in [1.29, 1.82) is 0 Å². The summed E-state index contributed by atoms with van der Waals surface area (Å²) in [5.74, 6) is -1.50. The lowest BCUT2D eigenvalue weighted by molar-refractivity contribution is -0.121. The van der Waals surface area contributed by atoms with Gasteiger partial charge >= 0.3 is 0 Å². The Morgan fingerprint density at radius 2 is 1.58 bits per heavy atom. The lowest BCUT2D eigenvalue weighted by Gasteiger charge is -2.37. The van der Waals surface area contributed by atoms with E-state index < -0.39 is 11.7 Å². The first-order valence-corrected chi connectivity index (χ1v) is 11.1. The number of rotatable bonds is 5. The number of likely N-dealkylation sites (tertiary alicyclic amines) is 1. The molecular formula is C27H28FN3O2. The van der Waals surface area contributed by atoms with Crippen LogP contribution in [0.25, 0.3) is 0 Å². The third-order valence-electron chi connectivity index (χ3n) is 6.14. The minimum Gasteiger partial charge on any atom is -0.378 e. The number of amides is 2. The number of anilines is 2. The summed E-state index contributed by atoms with van der Waals surface area (Å²) in [4.78, 5) is 30.0. The Bertz CT molecular complexity index is 1120. The lowest BCUT2D eigenvalue weighted by Crippen LogP contribution is -2.46. The Hall–Kier alpha value is -3.67. The largest absolute Gasteiger partial charge is 0.378 e. The summed E-state index contributed by atoms with van der Waals surface area (Å²) < 4.78 is 14.3. The van der Waals surface area contributed by atoms with Crippen LogP contribution in [0.15, 0.2) is 78.9 Å². The van der Waals surface area contributed by atoms with Gasteiger partial charge in [0.05, 0.1) is 11.5 Å². The van der Waals surface area contributed by atoms with Crippen molar-refractivity contribution in [1.82, 2.24) is 4.90 Å². The molecule has 0 bridgehead atoms. The van der Waals surface area contributed by atoms with Crippen LogP contribution in [0.1, 0.15) is 28.3 Å². The highest BCUT2D eigenvalue weighted by molar-refractivity contribution is 5.96. The molecule has 0 unspecified atom stereocenters. The van der Waals surface area contributed by atoms with Gasteiger partial charge in [0, 0.05) is 44.5 Å². The van der Waals surface area contributed by atoms with Gasteiger partial charge in [0.25, 0.3) is 5.91 Å². The average molecular weight is 446 g/mol. The average Bonchev–Trinajstić information content (AvgIpc) is 2.84. The first-order chi connectivity index (χ1) is 15.9. The highest BCUT2D eigenvalue weighted by Gasteiger charge is 2.35. The fraction of sp³-hybridized carbons (Fsp3) is 0.259. The molecule has 5 nitrogen and oxygen atoms in total. The number of nitrogens with zero attached hydrogens (tertiary/aromatic N) is 2. The van der Waals surface area contributed by atoms with Gasteiger partial charge in [-0.1, -0.05) is 42.5 Å². The summed E-state index contributed by atoms with van der Waals surface area (Å²) in [6.07, 6.45) is 0.618. The summed E-state index contributed by atoms with van der Waals surface area (Å²) in [6.45, 7) is 0.691. The monoisotopic (exact) mass is 445 g/mol. The first kappa shape index (κ1) is 22.5. The minimum absolute atomic E-state index is 0.0115. The number of piperidine rings is 1. The van der Waals surface area contributed by atoms with Gasteiger partial charge in [-0.25, -0.2) is 4.39 Å². The molecule has 0 saturated carbocycles. The number of carbonyl (C=O) groups is 2. The van der Waals surface area contributed by atoms with E-state index in [4.69, 9.17) is 0 Å². The maximum Gasteiger partial charge on any atom is 0.256 e. The topological polar surface area (TPSA) is 52.7 Å². The summed E-state index contributed by atoms with van der Waals surface area (Å²) in [6, 6.07) is 23.5. The second-order valence-electron chi connectivity index (χ2n) is 8.66. The molecule has 33 heavy (non-hydrogen) atoms. The van der Waals surface area contributed by atoms with E-state index in [0.717, 1.165) is 11.3 Å². The Balaban J connectivity index is 1.56. The van der Waals surface area contributed by atoms with E-state index in [1.54, 1.807) is 17.0 Å². The highest BCUT2D eigenvalue weighted by atomic mass is 19.1. The van der Waals surface area contributed by atoms with Crippen molar-refractivity contribution >= 4 is 23.2 Å². The number of carbonyl (C=O) groups excluding carboxylic acids is 2. The van der Waals surface area contributed by atoms with Crippen LogP contribution >= 0.6 is 0 Å². The molecular weight excluding hydrogens is 417 g/mol. The van der Waals surface area contributed by atoms with Gasteiger partial charge < -0.3 is 15.1 Å². The van der Waals surface area contributed by atoms with Crippen molar-refractivity contribution in [3.63, 3.8) is 0 Å². The van der Waals surface area contributed by atoms with Gasteiger partial charge in [0.2, 0.25) is 5.91 Å². The van der Waals surface area contributed by atoms with Gasteiger partial charge in [0.15, 0.2) is 0 Å². The van der Waals surface area contributed by atoms with E-state index in [2.05, 4.69) is 5.32 Å². The van der Waals surface area contributed by atoms with Crippen molar-refractivity contribution in [3.8, 4) is 0 Å². The van der Waals surface area contributed by atoms with Crippen LogP contribution in [0.3, 0.4) is 0 Å². The summed E-state index contributed by atoms with van der Waals surface area (Å²) >= 11 is 0. The number of nitrogens with one attached hydrogen (secondary N) is 1. The molecule has 1 saturated heterocycles. The molecule has 3 aromatic carbocycles. The van der Waals surface area contributed by atoms with Crippen LogP contribution in [0.5, 0.6) is 0 Å². The lowest BCUT2D eigenvalue weighted by atomic mass is 9.83. The van der Waals surface area contributed by atoms with Crippen LogP contribution in [0, 0.1) is 11.7 Å². The Kier molecular flexibility index (Phi) is 6.73. The Morgan fingerprint density at radius 3 is 2.24 bits per heavy atom. The second kappa shape index (κ2) is 9.86. The molecule has 0 aromatic heterocycles. The maximum absolute atomic E-state index is 14.3. The predicted molar refractivity (Wildman–Crippen MR) is 129 cm³/mol. The van der Waals surface area contributed by atoms with Crippen molar-refractivity contribution < 1.29 is 14.0 Å². The van der Waals surface area contributed by atoms with Gasteiger partial charge in [-0.05, 0) is 48.4 Å². The van der Waals surface area contributed by atoms with E-state index >= 15 is 0 Å². The van der Waals surface area contributed by atoms with Crippen LogP contribution < -0.4 is 10.2 Å². The van der Waals surface area contributed by atoms with E-state index in [9.17, 15) is 14.0 Å². The third-order valence-corrected chi connectivity index (χ3v) is 6.14. The standard InChI is InChI=1S/C27H28FN3O2/c1-30(2)23-14-12-22(13-15-23)29-26(32)21-16-20(19-8-4-3-5-9-19)17-31(18-21)27(33)24-10-6-7-11-25(24)28/h3-15,20-21H,16-18H2,1-2H3,(H,29,32)/t20-,21-/m0/s1. The van der Waals surface area contributed by atoms with Crippen molar-refractivity contribution in [2.24, 2.45) is 5.92 Å². The molecule has 0 radical (unpaired) electrons. The molecule has 3 aromatic rings. The van der Waals surface area contributed by atoms with Gasteiger partial charge in [-0.15, -0.1) is 0 Å². The molecule has 2 amide bonds. The summed E-state index contributed by atoms with van der Waals surface area (Å²) in [5, 5.41) is 2.99. The zero-order valence-corrected chi connectivity index (χ0v) is 18.9. The number of halogens is 1. The van der Waals surface area contributed by atoms with E-state index in [1.165, 1.54) is 12.1 Å². The van der Waals surface area contributed by atoms with Crippen LogP contribution in [0.2, 0.25) is 0 Å². The quantitative estimate of drug-likeness (QED) is 0.615.